The summed E-state index contributed by atoms with van der Waals surface area (Å²) >= 11 is 0. The quantitative estimate of drug-likeness (QED) is 0.527. The third-order valence-electron chi connectivity index (χ3n) is 6.42. The summed E-state index contributed by atoms with van der Waals surface area (Å²) in [6, 6.07) is 7.45. The average molecular weight is 487 g/mol. The first-order valence-electron chi connectivity index (χ1n) is 11.7. The van der Waals surface area contributed by atoms with Crippen LogP contribution in [0.4, 0.5) is 13.2 Å². The largest absolute Gasteiger partial charge is 0.419 e. The van der Waals surface area contributed by atoms with Crippen LogP contribution in [0.3, 0.4) is 0 Å². The van der Waals surface area contributed by atoms with Crippen molar-refractivity contribution < 1.29 is 18.0 Å². The predicted molar refractivity (Wildman–Crippen MR) is 125 cm³/mol. The highest BCUT2D eigenvalue weighted by Gasteiger charge is 2.35. The van der Waals surface area contributed by atoms with E-state index >= 15 is 0 Å². The number of primary amides is 1. The number of alkyl halides is 3. The summed E-state index contributed by atoms with van der Waals surface area (Å²) in [5.74, 6) is -0.167. The van der Waals surface area contributed by atoms with Gasteiger partial charge in [-0.3, -0.25) is 9.48 Å². The highest BCUT2D eigenvalue weighted by Crippen LogP contribution is 2.32. The molecule has 2 aromatic heterocycles. The number of likely N-dealkylation sites (tertiary alicyclic amines) is 1. The minimum absolute atomic E-state index is 0.0403. The summed E-state index contributed by atoms with van der Waals surface area (Å²) in [7, 11) is 2.10. The molecule has 1 aliphatic heterocycles. The minimum Gasteiger partial charge on any atom is -0.369 e. The van der Waals surface area contributed by atoms with Gasteiger partial charge in [0, 0.05) is 18.8 Å². The molecule has 0 aliphatic carbocycles. The molecule has 7 nitrogen and oxygen atoms in total. The van der Waals surface area contributed by atoms with Crippen molar-refractivity contribution in [2.45, 2.75) is 50.7 Å². The number of hydrogen-bond donors (Lipinski definition) is 1. The Bertz CT molecular complexity index is 1170. The number of hydrogen-bond acceptors (Lipinski definition) is 5. The Morgan fingerprint density at radius 2 is 1.83 bits per heavy atom. The fourth-order valence-electron chi connectivity index (χ4n) is 4.50. The summed E-state index contributed by atoms with van der Waals surface area (Å²) < 4.78 is 42.9. The van der Waals surface area contributed by atoms with E-state index in [-0.39, 0.29) is 18.5 Å². The fourth-order valence-corrected chi connectivity index (χ4v) is 4.50. The number of nitrogens with zero attached hydrogens (tertiary/aromatic N) is 5. The van der Waals surface area contributed by atoms with Crippen LogP contribution >= 0.6 is 0 Å². The maximum Gasteiger partial charge on any atom is 0.419 e. The molecule has 3 aromatic rings. The number of carbonyl (C=O) groups is 1. The maximum atomic E-state index is 13.7. The fraction of sp³-hybridized carbons (Fsp3) is 0.440. The van der Waals surface area contributed by atoms with Crippen LogP contribution in [-0.4, -0.2) is 50.7 Å². The molecule has 0 unspecified atom stereocenters. The zero-order valence-electron chi connectivity index (χ0n) is 19.6. The highest BCUT2D eigenvalue weighted by molar-refractivity contribution is 5.77. The Morgan fingerprint density at radius 3 is 2.51 bits per heavy atom. The second-order valence-electron chi connectivity index (χ2n) is 9.10. The van der Waals surface area contributed by atoms with Gasteiger partial charge in [0.1, 0.15) is 5.82 Å². The van der Waals surface area contributed by atoms with E-state index in [4.69, 9.17) is 5.73 Å². The van der Waals surface area contributed by atoms with E-state index in [9.17, 15) is 18.0 Å². The number of benzene rings is 1. The van der Waals surface area contributed by atoms with Crippen LogP contribution in [0.2, 0.25) is 0 Å². The molecule has 2 N–H and O–H groups in total. The SMILES string of the molecule is CN1CCC(n2cc(Cc3ncc(C(F)(F)F)c(CCc4ccccc4CC(N)=O)n3)cn2)CC1. The van der Waals surface area contributed by atoms with Gasteiger partial charge in [-0.1, -0.05) is 24.3 Å². The number of rotatable bonds is 8. The van der Waals surface area contributed by atoms with E-state index in [1.165, 1.54) is 0 Å². The van der Waals surface area contributed by atoms with Gasteiger partial charge >= 0.3 is 6.18 Å². The molecule has 1 amide bonds. The number of aryl methyl sites for hydroxylation is 2. The third-order valence-corrected chi connectivity index (χ3v) is 6.42. The van der Waals surface area contributed by atoms with Gasteiger partial charge in [-0.25, -0.2) is 9.97 Å². The molecule has 1 fully saturated rings. The lowest BCUT2D eigenvalue weighted by molar-refractivity contribution is -0.138. The van der Waals surface area contributed by atoms with Crippen molar-refractivity contribution in [3.05, 3.63) is 76.6 Å². The molecule has 0 spiro atoms. The number of amides is 1. The van der Waals surface area contributed by atoms with Crippen LogP contribution in [0.25, 0.3) is 0 Å². The summed E-state index contributed by atoms with van der Waals surface area (Å²) in [5, 5.41) is 4.47. The zero-order valence-corrected chi connectivity index (χ0v) is 19.6. The molecular formula is C25H29F3N6O. The van der Waals surface area contributed by atoms with Gasteiger partial charge in [-0.05, 0) is 62.5 Å². The van der Waals surface area contributed by atoms with Gasteiger partial charge in [0.15, 0.2) is 0 Å². The van der Waals surface area contributed by atoms with Crippen LogP contribution in [0.15, 0.2) is 42.9 Å². The molecule has 186 valence electrons. The summed E-state index contributed by atoms with van der Waals surface area (Å²) in [6.07, 6.45) is 2.72. The van der Waals surface area contributed by atoms with Crippen molar-refractivity contribution in [1.29, 1.82) is 0 Å². The normalized spacial score (nSPS) is 15.4. The highest BCUT2D eigenvalue weighted by atomic mass is 19.4. The van der Waals surface area contributed by atoms with Gasteiger partial charge in [0.25, 0.3) is 0 Å². The molecule has 10 heteroatoms. The topological polar surface area (TPSA) is 89.9 Å². The Kier molecular flexibility index (Phi) is 7.49. The van der Waals surface area contributed by atoms with Gasteiger partial charge < -0.3 is 10.6 Å². The van der Waals surface area contributed by atoms with Crippen molar-refractivity contribution >= 4 is 5.91 Å². The van der Waals surface area contributed by atoms with Crippen molar-refractivity contribution in [2.24, 2.45) is 5.73 Å². The Morgan fingerprint density at radius 1 is 1.11 bits per heavy atom. The summed E-state index contributed by atoms with van der Waals surface area (Å²) in [6.45, 7) is 2.02. The van der Waals surface area contributed by atoms with Crippen molar-refractivity contribution in [2.75, 3.05) is 20.1 Å². The summed E-state index contributed by atoms with van der Waals surface area (Å²) in [4.78, 5) is 22.0. The molecule has 0 atom stereocenters. The van der Waals surface area contributed by atoms with E-state index in [2.05, 4.69) is 27.0 Å². The van der Waals surface area contributed by atoms with Crippen molar-refractivity contribution in [1.82, 2.24) is 24.6 Å². The molecule has 35 heavy (non-hydrogen) atoms. The average Bonchev–Trinajstić information content (AvgIpc) is 3.26. The minimum atomic E-state index is -4.56. The molecule has 0 saturated carbocycles. The molecule has 1 aliphatic rings. The molecule has 1 saturated heterocycles. The Hall–Kier alpha value is -3.27. The van der Waals surface area contributed by atoms with Gasteiger partial charge in [-0.15, -0.1) is 0 Å². The number of piperidine rings is 1. The number of nitrogens with two attached hydrogens (primary N) is 1. The number of carbonyl (C=O) groups excluding carboxylic acids is 1. The molecule has 1 aromatic carbocycles. The molecule has 4 rings (SSSR count). The molecule has 3 heterocycles. The van der Waals surface area contributed by atoms with E-state index < -0.39 is 17.6 Å². The van der Waals surface area contributed by atoms with Crippen LogP contribution in [0.1, 0.15) is 52.7 Å². The first-order valence-corrected chi connectivity index (χ1v) is 11.7. The summed E-state index contributed by atoms with van der Waals surface area (Å²) in [5.41, 5.74) is 6.77. The van der Waals surface area contributed by atoms with E-state index in [1.807, 2.05) is 10.9 Å². The molecule has 0 bridgehead atoms. The molecular weight excluding hydrogens is 457 g/mol. The third kappa shape index (κ3) is 6.45. The lowest BCUT2D eigenvalue weighted by Crippen LogP contribution is -2.31. The Labute approximate surface area is 202 Å². The van der Waals surface area contributed by atoms with E-state index in [0.29, 0.717) is 30.3 Å². The van der Waals surface area contributed by atoms with Crippen molar-refractivity contribution in [3.8, 4) is 0 Å². The number of aromatic nitrogens is 4. The number of halogens is 3. The predicted octanol–water partition coefficient (Wildman–Crippen LogP) is 3.36. The first-order chi connectivity index (χ1) is 16.7. The van der Waals surface area contributed by atoms with Gasteiger partial charge in [0.2, 0.25) is 5.91 Å². The van der Waals surface area contributed by atoms with Gasteiger partial charge in [-0.2, -0.15) is 18.3 Å². The van der Waals surface area contributed by atoms with Crippen LogP contribution < -0.4 is 5.73 Å². The van der Waals surface area contributed by atoms with Crippen LogP contribution in [0, 0.1) is 0 Å². The first kappa shape index (κ1) is 24.8. The second kappa shape index (κ2) is 10.6. The monoisotopic (exact) mass is 486 g/mol. The lowest BCUT2D eigenvalue weighted by atomic mass is 9.98. The van der Waals surface area contributed by atoms with Crippen molar-refractivity contribution in [3.63, 3.8) is 0 Å². The van der Waals surface area contributed by atoms with E-state index in [1.54, 1.807) is 30.5 Å². The van der Waals surface area contributed by atoms with Crippen LogP contribution in [0.5, 0.6) is 0 Å². The van der Waals surface area contributed by atoms with Crippen LogP contribution in [-0.2, 0) is 36.7 Å². The van der Waals surface area contributed by atoms with Gasteiger partial charge in [0.05, 0.1) is 29.9 Å². The zero-order chi connectivity index (χ0) is 25.0. The molecule has 0 radical (unpaired) electrons. The Balaban J connectivity index is 1.51. The standard InChI is InChI=1S/C25H29F3N6O/c1-33-10-8-20(9-11-33)34-16-17(14-31-34)12-24-30-15-21(25(26,27)28)22(32-24)7-6-18-4-2-3-5-19(18)13-23(29)35/h2-5,14-16,20H,6-13H2,1H3,(H2,29,35). The van der Waals surface area contributed by atoms with E-state index in [0.717, 1.165) is 43.3 Å². The smallest absolute Gasteiger partial charge is 0.369 e. The lowest BCUT2D eigenvalue weighted by Gasteiger charge is -2.28. The second-order valence-corrected chi connectivity index (χ2v) is 9.10. The maximum absolute atomic E-state index is 13.7.